The molecule has 6 heteroatoms. The molecule has 0 unspecified atom stereocenters. The fourth-order valence-corrected chi connectivity index (χ4v) is 2.03. The van der Waals surface area contributed by atoms with E-state index in [1.165, 1.54) is 0 Å². The lowest BCUT2D eigenvalue weighted by Gasteiger charge is -2.27. The predicted octanol–water partition coefficient (Wildman–Crippen LogP) is 3.58. The van der Waals surface area contributed by atoms with E-state index in [9.17, 15) is 18.0 Å². The fraction of sp³-hybridized carbons (Fsp3) is 0.357. The van der Waals surface area contributed by atoms with Gasteiger partial charge in [-0.3, -0.25) is 4.79 Å². The molecule has 20 heavy (non-hydrogen) atoms. The van der Waals surface area contributed by atoms with Gasteiger partial charge in [-0.25, -0.2) is 0 Å². The third-order valence-electron chi connectivity index (χ3n) is 2.99. The molecule has 1 amide bonds. The number of carbonyl (C=O) groups is 1. The van der Waals surface area contributed by atoms with Gasteiger partial charge in [0.2, 0.25) is 0 Å². The summed E-state index contributed by atoms with van der Waals surface area (Å²) in [5.41, 5.74) is 0.899. The summed E-state index contributed by atoms with van der Waals surface area (Å²) in [6.07, 6.45) is -4.41. The summed E-state index contributed by atoms with van der Waals surface area (Å²) in [6, 6.07) is 8.21. The highest BCUT2D eigenvalue weighted by Crippen LogP contribution is 2.21. The van der Waals surface area contributed by atoms with Crippen LogP contribution in [0.2, 0.25) is 0 Å². The first kappa shape index (κ1) is 14.4. The van der Waals surface area contributed by atoms with Crippen molar-refractivity contribution in [1.82, 2.24) is 9.88 Å². The normalized spacial score (nSPS) is 12.1. The van der Waals surface area contributed by atoms with Crippen molar-refractivity contribution in [2.45, 2.75) is 26.1 Å². The molecule has 0 aliphatic carbocycles. The zero-order valence-electron chi connectivity index (χ0n) is 11.2. The Balaban J connectivity index is 2.31. The molecule has 1 aromatic carbocycles. The molecule has 1 heterocycles. The van der Waals surface area contributed by atoms with E-state index in [2.05, 4.69) is 4.98 Å². The molecule has 0 saturated carbocycles. The lowest BCUT2D eigenvalue weighted by Crippen LogP contribution is -2.43. The van der Waals surface area contributed by atoms with Crippen molar-refractivity contribution in [3.63, 3.8) is 0 Å². The number of halogens is 3. The molecule has 0 aliphatic heterocycles. The van der Waals surface area contributed by atoms with E-state index in [0.29, 0.717) is 0 Å². The predicted molar refractivity (Wildman–Crippen MR) is 70.5 cm³/mol. The number of para-hydroxylation sites is 1. The number of aromatic amines is 1. The maximum atomic E-state index is 12.5. The quantitative estimate of drug-likeness (QED) is 0.918. The maximum Gasteiger partial charge on any atom is 0.406 e. The van der Waals surface area contributed by atoms with Crippen molar-refractivity contribution in [2.24, 2.45) is 0 Å². The van der Waals surface area contributed by atoms with Crippen LogP contribution in [0.25, 0.3) is 10.9 Å². The van der Waals surface area contributed by atoms with Crippen LogP contribution >= 0.6 is 0 Å². The van der Waals surface area contributed by atoms with Gasteiger partial charge >= 0.3 is 6.18 Å². The van der Waals surface area contributed by atoms with E-state index in [1.807, 2.05) is 0 Å². The number of nitrogens with one attached hydrogen (secondary N) is 1. The Morgan fingerprint density at radius 2 is 1.95 bits per heavy atom. The summed E-state index contributed by atoms with van der Waals surface area (Å²) in [6.45, 7) is 1.87. The minimum atomic E-state index is -4.41. The van der Waals surface area contributed by atoms with Gasteiger partial charge in [0.1, 0.15) is 12.2 Å². The maximum absolute atomic E-state index is 12.5. The lowest BCUT2D eigenvalue weighted by molar-refractivity contribution is -0.143. The Labute approximate surface area is 114 Å². The zero-order chi connectivity index (χ0) is 14.9. The van der Waals surface area contributed by atoms with Gasteiger partial charge in [0, 0.05) is 16.9 Å². The van der Waals surface area contributed by atoms with Gasteiger partial charge in [0.15, 0.2) is 0 Å². The van der Waals surface area contributed by atoms with E-state index < -0.39 is 24.7 Å². The Morgan fingerprint density at radius 3 is 2.50 bits per heavy atom. The van der Waals surface area contributed by atoms with Crippen LogP contribution in [0.5, 0.6) is 0 Å². The first-order valence-electron chi connectivity index (χ1n) is 6.23. The molecule has 0 atom stereocenters. The number of aromatic nitrogens is 1. The van der Waals surface area contributed by atoms with Crippen LogP contribution in [0.15, 0.2) is 30.3 Å². The molecular formula is C14H15F3N2O. The fourth-order valence-electron chi connectivity index (χ4n) is 2.03. The van der Waals surface area contributed by atoms with Gasteiger partial charge < -0.3 is 9.88 Å². The van der Waals surface area contributed by atoms with Crippen LogP contribution in [0, 0.1) is 0 Å². The van der Waals surface area contributed by atoms with Gasteiger partial charge in [-0.05, 0) is 26.0 Å². The number of amides is 1. The Hall–Kier alpha value is -1.98. The summed E-state index contributed by atoms with van der Waals surface area (Å²) in [4.78, 5) is 15.9. The standard InChI is InChI=1S/C14H15F3N2O/c1-9(2)19(8-14(15,16)17)13(20)12-7-10-5-3-4-6-11(10)18-12/h3-7,9,18H,8H2,1-2H3. The molecule has 2 rings (SSSR count). The largest absolute Gasteiger partial charge is 0.406 e. The van der Waals surface area contributed by atoms with Gasteiger partial charge in [0.25, 0.3) is 5.91 Å². The van der Waals surface area contributed by atoms with E-state index in [1.54, 1.807) is 44.2 Å². The molecule has 0 spiro atoms. The Morgan fingerprint density at radius 1 is 1.30 bits per heavy atom. The van der Waals surface area contributed by atoms with Crippen molar-refractivity contribution in [2.75, 3.05) is 6.54 Å². The number of rotatable bonds is 3. The third kappa shape index (κ3) is 3.12. The second-order valence-corrected chi connectivity index (χ2v) is 4.91. The highest BCUT2D eigenvalue weighted by molar-refractivity contribution is 5.98. The molecule has 1 aromatic heterocycles. The van der Waals surface area contributed by atoms with Crippen LogP contribution in [0.3, 0.4) is 0 Å². The van der Waals surface area contributed by atoms with Gasteiger partial charge in [-0.1, -0.05) is 18.2 Å². The number of benzene rings is 1. The third-order valence-corrected chi connectivity index (χ3v) is 2.99. The highest BCUT2D eigenvalue weighted by atomic mass is 19.4. The SMILES string of the molecule is CC(C)N(CC(F)(F)F)C(=O)c1cc2ccccc2[nH]1. The van der Waals surface area contributed by atoms with Crippen LogP contribution in [-0.2, 0) is 0 Å². The number of alkyl halides is 3. The molecule has 0 fully saturated rings. The molecule has 3 nitrogen and oxygen atoms in total. The summed E-state index contributed by atoms with van der Waals surface area (Å²) in [7, 11) is 0. The van der Waals surface area contributed by atoms with Crippen molar-refractivity contribution in [1.29, 1.82) is 0 Å². The molecule has 0 bridgehead atoms. The van der Waals surface area contributed by atoms with Gasteiger partial charge in [-0.2, -0.15) is 13.2 Å². The van der Waals surface area contributed by atoms with Crippen molar-refractivity contribution in [3.8, 4) is 0 Å². The first-order chi connectivity index (χ1) is 9.28. The highest BCUT2D eigenvalue weighted by Gasteiger charge is 2.34. The van der Waals surface area contributed by atoms with Crippen LogP contribution in [-0.4, -0.2) is 34.6 Å². The smallest absolute Gasteiger partial charge is 0.351 e. The topological polar surface area (TPSA) is 36.1 Å². The monoisotopic (exact) mass is 284 g/mol. The molecule has 1 N–H and O–H groups in total. The minimum absolute atomic E-state index is 0.171. The van der Waals surface area contributed by atoms with Crippen LogP contribution in [0.1, 0.15) is 24.3 Å². The van der Waals surface area contributed by atoms with Crippen molar-refractivity contribution >= 4 is 16.8 Å². The van der Waals surface area contributed by atoms with Crippen molar-refractivity contribution < 1.29 is 18.0 Å². The molecule has 0 saturated heterocycles. The van der Waals surface area contributed by atoms with E-state index in [4.69, 9.17) is 0 Å². The molecule has 0 radical (unpaired) electrons. The number of fused-ring (bicyclic) bond motifs is 1. The number of nitrogens with zero attached hydrogens (tertiary/aromatic N) is 1. The molecule has 2 aromatic rings. The summed E-state index contributed by atoms with van der Waals surface area (Å²) in [5.74, 6) is -0.645. The van der Waals surface area contributed by atoms with Crippen LogP contribution < -0.4 is 0 Å². The average Bonchev–Trinajstić information content (AvgIpc) is 2.77. The summed E-state index contributed by atoms with van der Waals surface area (Å²) in [5, 5.41) is 0.798. The Kier molecular flexibility index (Phi) is 3.74. The number of hydrogen-bond donors (Lipinski definition) is 1. The minimum Gasteiger partial charge on any atom is -0.351 e. The number of carbonyl (C=O) groups excluding carboxylic acids is 1. The van der Waals surface area contributed by atoms with E-state index in [-0.39, 0.29) is 5.69 Å². The molecule has 108 valence electrons. The summed E-state index contributed by atoms with van der Waals surface area (Å²) < 4.78 is 37.6. The average molecular weight is 284 g/mol. The summed E-state index contributed by atoms with van der Waals surface area (Å²) >= 11 is 0. The van der Waals surface area contributed by atoms with Crippen molar-refractivity contribution in [3.05, 3.63) is 36.0 Å². The second-order valence-electron chi connectivity index (χ2n) is 4.91. The van der Waals surface area contributed by atoms with E-state index in [0.717, 1.165) is 15.8 Å². The van der Waals surface area contributed by atoms with Gasteiger partial charge in [-0.15, -0.1) is 0 Å². The Bertz CT molecular complexity index is 583. The number of hydrogen-bond acceptors (Lipinski definition) is 1. The second kappa shape index (κ2) is 5.19. The van der Waals surface area contributed by atoms with Crippen LogP contribution in [0.4, 0.5) is 13.2 Å². The first-order valence-corrected chi connectivity index (χ1v) is 6.23. The lowest BCUT2D eigenvalue weighted by atomic mass is 10.2. The number of H-pyrrole nitrogens is 1. The molecular weight excluding hydrogens is 269 g/mol. The zero-order valence-corrected chi connectivity index (χ0v) is 11.2. The van der Waals surface area contributed by atoms with Gasteiger partial charge in [0.05, 0.1) is 0 Å². The molecule has 0 aliphatic rings. The van der Waals surface area contributed by atoms with E-state index >= 15 is 0 Å².